The summed E-state index contributed by atoms with van der Waals surface area (Å²) in [6.07, 6.45) is 2.19. The van der Waals surface area contributed by atoms with Crippen LogP contribution >= 0.6 is 0 Å². The number of hydrogen-bond acceptors (Lipinski definition) is 4. The Morgan fingerprint density at radius 3 is 2.35 bits per heavy atom. The summed E-state index contributed by atoms with van der Waals surface area (Å²) >= 11 is 0. The Morgan fingerprint density at radius 2 is 1.77 bits per heavy atom. The molecule has 2 aliphatic rings. The average Bonchev–Trinajstić information content (AvgIpc) is 3.20. The third kappa shape index (κ3) is 4.78. The molecule has 0 bridgehead atoms. The third-order valence-corrected chi connectivity index (χ3v) is 4.70. The molecule has 2 N–H and O–H groups in total. The van der Waals surface area contributed by atoms with Gasteiger partial charge in [0, 0.05) is 45.0 Å². The van der Waals surface area contributed by atoms with E-state index in [-0.39, 0.29) is 18.2 Å². The van der Waals surface area contributed by atoms with Crippen LogP contribution in [0.5, 0.6) is 5.75 Å². The molecule has 2 fully saturated rings. The minimum atomic E-state index is -0.158. The number of anilines is 1. The lowest BCUT2D eigenvalue weighted by Gasteiger charge is -2.34. The lowest BCUT2D eigenvalue weighted by Crippen LogP contribution is -2.54. The number of urea groups is 2. The zero-order chi connectivity index (χ0) is 18.4. The fraction of sp³-hybridized carbons (Fsp3) is 0.556. The molecule has 0 radical (unpaired) electrons. The van der Waals surface area contributed by atoms with E-state index in [1.54, 1.807) is 41.2 Å². The van der Waals surface area contributed by atoms with E-state index in [2.05, 4.69) is 10.6 Å². The SMILES string of the molecule is COc1ccc(NC(=O)N2CCN(C(=O)NCC3CCCO3)CC2)cc1. The van der Waals surface area contributed by atoms with E-state index in [0.717, 1.165) is 25.2 Å². The highest BCUT2D eigenvalue weighted by Crippen LogP contribution is 2.16. The van der Waals surface area contributed by atoms with Gasteiger partial charge >= 0.3 is 12.1 Å². The highest BCUT2D eigenvalue weighted by atomic mass is 16.5. The summed E-state index contributed by atoms with van der Waals surface area (Å²) in [5.41, 5.74) is 0.715. The Hall–Kier alpha value is -2.48. The summed E-state index contributed by atoms with van der Waals surface area (Å²) in [6.45, 7) is 3.39. The number of piperazine rings is 1. The predicted molar refractivity (Wildman–Crippen MR) is 97.5 cm³/mol. The van der Waals surface area contributed by atoms with E-state index in [4.69, 9.17) is 9.47 Å². The predicted octanol–water partition coefficient (Wildman–Crippen LogP) is 1.73. The first-order chi connectivity index (χ1) is 12.7. The van der Waals surface area contributed by atoms with Gasteiger partial charge in [0.2, 0.25) is 0 Å². The van der Waals surface area contributed by atoms with Crippen molar-refractivity contribution in [2.75, 3.05) is 51.8 Å². The Bertz CT molecular complexity index is 608. The van der Waals surface area contributed by atoms with Gasteiger partial charge in [-0.25, -0.2) is 9.59 Å². The van der Waals surface area contributed by atoms with Crippen molar-refractivity contribution in [1.82, 2.24) is 15.1 Å². The number of benzene rings is 1. The number of methoxy groups -OCH3 is 1. The largest absolute Gasteiger partial charge is 0.497 e. The van der Waals surface area contributed by atoms with Crippen molar-refractivity contribution >= 4 is 17.7 Å². The van der Waals surface area contributed by atoms with Gasteiger partial charge in [-0.3, -0.25) is 0 Å². The van der Waals surface area contributed by atoms with Gasteiger partial charge in [0.1, 0.15) is 5.75 Å². The van der Waals surface area contributed by atoms with Crippen LogP contribution in [0.15, 0.2) is 24.3 Å². The van der Waals surface area contributed by atoms with Crippen LogP contribution in [0, 0.1) is 0 Å². The fourth-order valence-electron chi connectivity index (χ4n) is 3.11. The van der Waals surface area contributed by atoms with Crippen LogP contribution in [0.2, 0.25) is 0 Å². The number of carbonyl (C=O) groups excluding carboxylic acids is 2. The molecule has 2 heterocycles. The Morgan fingerprint density at radius 1 is 1.12 bits per heavy atom. The van der Waals surface area contributed by atoms with Crippen LogP contribution in [0.25, 0.3) is 0 Å². The number of rotatable bonds is 4. The zero-order valence-corrected chi connectivity index (χ0v) is 15.1. The van der Waals surface area contributed by atoms with Crippen LogP contribution in [0.4, 0.5) is 15.3 Å². The quantitative estimate of drug-likeness (QED) is 0.855. The lowest BCUT2D eigenvalue weighted by atomic mass is 10.2. The molecule has 2 aliphatic heterocycles. The first-order valence-electron chi connectivity index (χ1n) is 9.00. The number of hydrogen-bond donors (Lipinski definition) is 2. The molecule has 3 rings (SSSR count). The maximum atomic E-state index is 12.3. The van der Waals surface area contributed by atoms with E-state index >= 15 is 0 Å². The Kier molecular flexibility index (Phi) is 6.17. The van der Waals surface area contributed by atoms with E-state index in [9.17, 15) is 9.59 Å². The number of amides is 4. The van der Waals surface area contributed by atoms with Crippen molar-refractivity contribution in [3.8, 4) is 5.75 Å². The van der Waals surface area contributed by atoms with Crippen molar-refractivity contribution in [3.05, 3.63) is 24.3 Å². The van der Waals surface area contributed by atoms with Crippen molar-refractivity contribution in [1.29, 1.82) is 0 Å². The van der Waals surface area contributed by atoms with Gasteiger partial charge in [-0.2, -0.15) is 0 Å². The van der Waals surface area contributed by atoms with Crippen molar-refractivity contribution in [2.24, 2.45) is 0 Å². The van der Waals surface area contributed by atoms with Crippen LogP contribution in [-0.4, -0.2) is 74.4 Å². The average molecular weight is 362 g/mol. The van der Waals surface area contributed by atoms with Crippen LogP contribution in [-0.2, 0) is 4.74 Å². The Balaban J connectivity index is 1.40. The summed E-state index contributed by atoms with van der Waals surface area (Å²) in [5, 5.41) is 5.79. The van der Waals surface area contributed by atoms with Gasteiger partial charge in [-0.1, -0.05) is 0 Å². The fourth-order valence-corrected chi connectivity index (χ4v) is 3.11. The molecule has 26 heavy (non-hydrogen) atoms. The summed E-state index contributed by atoms with van der Waals surface area (Å²) < 4.78 is 10.6. The van der Waals surface area contributed by atoms with E-state index in [1.807, 2.05) is 0 Å². The van der Waals surface area contributed by atoms with Crippen molar-refractivity contribution < 1.29 is 19.1 Å². The normalized spacial score (nSPS) is 20.0. The first-order valence-corrected chi connectivity index (χ1v) is 9.00. The molecular formula is C18H26N4O4. The molecule has 0 spiro atoms. The maximum Gasteiger partial charge on any atom is 0.321 e. The summed E-state index contributed by atoms with van der Waals surface area (Å²) in [4.78, 5) is 28.0. The molecule has 8 heteroatoms. The number of carbonyl (C=O) groups is 2. The molecule has 142 valence electrons. The molecular weight excluding hydrogens is 336 g/mol. The maximum absolute atomic E-state index is 12.3. The van der Waals surface area contributed by atoms with Gasteiger partial charge in [-0.05, 0) is 37.1 Å². The van der Waals surface area contributed by atoms with Gasteiger partial charge in [-0.15, -0.1) is 0 Å². The second-order valence-corrected chi connectivity index (χ2v) is 6.45. The monoisotopic (exact) mass is 362 g/mol. The molecule has 0 aromatic heterocycles. The van der Waals surface area contributed by atoms with Gasteiger partial charge in [0.25, 0.3) is 0 Å². The van der Waals surface area contributed by atoms with Gasteiger partial charge < -0.3 is 29.9 Å². The summed E-state index contributed by atoms with van der Waals surface area (Å²) in [5.74, 6) is 0.741. The van der Waals surface area contributed by atoms with Crippen LogP contribution in [0.3, 0.4) is 0 Å². The van der Waals surface area contributed by atoms with Crippen molar-refractivity contribution in [2.45, 2.75) is 18.9 Å². The molecule has 1 aromatic rings. The minimum Gasteiger partial charge on any atom is -0.497 e. The smallest absolute Gasteiger partial charge is 0.321 e. The Labute approximate surface area is 153 Å². The second kappa shape index (κ2) is 8.75. The summed E-state index contributed by atoms with van der Waals surface area (Å²) in [6, 6.07) is 6.94. The van der Waals surface area contributed by atoms with Crippen LogP contribution < -0.4 is 15.4 Å². The molecule has 4 amide bonds. The minimum absolute atomic E-state index is 0.0873. The van der Waals surface area contributed by atoms with E-state index in [0.29, 0.717) is 38.4 Å². The van der Waals surface area contributed by atoms with Gasteiger partial charge in [0.15, 0.2) is 0 Å². The third-order valence-electron chi connectivity index (χ3n) is 4.70. The second-order valence-electron chi connectivity index (χ2n) is 6.45. The van der Waals surface area contributed by atoms with E-state index < -0.39 is 0 Å². The number of nitrogens with one attached hydrogen (secondary N) is 2. The summed E-state index contributed by atoms with van der Waals surface area (Å²) in [7, 11) is 1.60. The standard InChI is InChI=1S/C18H26N4O4/c1-25-15-6-4-14(5-7-15)20-18(24)22-10-8-21(9-11-22)17(23)19-13-16-3-2-12-26-16/h4-7,16H,2-3,8-13H2,1H3,(H,19,23)(H,20,24). The topological polar surface area (TPSA) is 83.1 Å². The first kappa shape index (κ1) is 18.3. The number of nitrogens with zero attached hydrogens (tertiary/aromatic N) is 2. The highest BCUT2D eigenvalue weighted by Gasteiger charge is 2.25. The molecule has 1 atom stereocenters. The molecule has 0 aliphatic carbocycles. The molecule has 8 nitrogen and oxygen atoms in total. The van der Waals surface area contributed by atoms with Crippen molar-refractivity contribution in [3.63, 3.8) is 0 Å². The molecule has 1 unspecified atom stereocenters. The van der Waals surface area contributed by atoms with E-state index in [1.165, 1.54) is 0 Å². The lowest BCUT2D eigenvalue weighted by molar-refractivity contribution is 0.106. The van der Waals surface area contributed by atoms with Crippen LogP contribution in [0.1, 0.15) is 12.8 Å². The molecule has 2 saturated heterocycles. The van der Waals surface area contributed by atoms with Gasteiger partial charge in [0.05, 0.1) is 13.2 Å². The zero-order valence-electron chi connectivity index (χ0n) is 15.1. The molecule has 1 aromatic carbocycles. The molecule has 0 saturated carbocycles. The number of ether oxygens (including phenoxy) is 2. The highest BCUT2D eigenvalue weighted by molar-refractivity contribution is 5.89.